The van der Waals surface area contributed by atoms with Crippen LogP contribution < -0.4 is 4.72 Å². The van der Waals surface area contributed by atoms with E-state index in [4.69, 9.17) is 4.74 Å². The van der Waals surface area contributed by atoms with Gasteiger partial charge in [-0.15, -0.1) is 0 Å². The molecule has 9 nitrogen and oxygen atoms in total. The van der Waals surface area contributed by atoms with E-state index in [1.807, 2.05) is 0 Å². The molecule has 6 atom stereocenters. The van der Waals surface area contributed by atoms with Crippen LogP contribution in [0.3, 0.4) is 0 Å². The van der Waals surface area contributed by atoms with Crippen LogP contribution in [0, 0.1) is 23.7 Å². The van der Waals surface area contributed by atoms with E-state index in [0.29, 0.717) is 24.5 Å². The summed E-state index contributed by atoms with van der Waals surface area (Å²) in [4.78, 5) is 35.3. The van der Waals surface area contributed by atoms with Gasteiger partial charge in [0.05, 0.1) is 35.5 Å². The molecule has 250 valence electrons. The summed E-state index contributed by atoms with van der Waals surface area (Å²) in [6, 6.07) is 0.483. The molecule has 2 saturated heterocycles. The number of ether oxygens (including phenoxy) is 1. The van der Waals surface area contributed by atoms with Crippen molar-refractivity contribution in [1.29, 1.82) is 0 Å². The molecule has 8 rings (SSSR count). The molecule has 3 fully saturated rings. The Morgan fingerprint density at radius 2 is 1.77 bits per heavy atom. The Bertz CT molecular complexity index is 1730. The largest absolute Gasteiger partial charge is 0.500 e. The van der Waals surface area contributed by atoms with Crippen LogP contribution >= 0.6 is 0 Å². The van der Waals surface area contributed by atoms with Gasteiger partial charge in [-0.2, -0.15) is 0 Å². The average Bonchev–Trinajstić information content (AvgIpc) is 3.59. The highest BCUT2D eigenvalue weighted by Gasteiger charge is 2.55. The Kier molecular flexibility index (Phi) is 7.48. The summed E-state index contributed by atoms with van der Waals surface area (Å²) in [5.74, 6) is 0.468. The van der Waals surface area contributed by atoms with Crippen molar-refractivity contribution in [3.8, 4) is 0 Å². The summed E-state index contributed by atoms with van der Waals surface area (Å²) in [6.07, 6.45) is 19.7. The number of hydrogen-bond acceptors (Lipinski definition) is 7. The second-order valence-electron chi connectivity index (χ2n) is 14.9. The average molecular weight is 659 g/mol. The monoisotopic (exact) mass is 658 g/mol. The summed E-state index contributed by atoms with van der Waals surface area (Å²) in [6.45, 7) is 7.22. The third-order valence-electron chi connectivity index (χ3n) is 12.1. The molecule has 4 aliphatic heterocycles. The number of likely N-dealkylation sites (tertiary alicyclic amines) is 1. The predicted molar refractivity (Wildman–Crippen MR) is 180 cm³/mol. The minimum Gasteiger partial charge on any atom is -0.500 e. The second kappa shape index (κ2) is 11.4. The summed E-state index contributed by atoms with van der Waals surface area (Å²) in [7, 11) is -0.112. The van der Waals surface area contributed by atoms with Crippen LogP contribution in [0.25, 0.3) is 0 Å². The molecule has 1 N–H and O–H groups in total. The first-order valence-corrected chi connectivity index (χ1v) is 18.9. The van der Waals surface area contributed by atoms with Crippen LogP contribution in [0.15, 0.2) is 81.2 Å². The Hall–Kier alpha value is -3.37. The number of rotatable bonds is 6. The molecule has 2 amide bonds. The molecular formula is C37H46N4O5S. The normalized spacial score (nSPS) is 33.2. The van der Waals surface area contributed by atoms with Gasteiger partial charge < -0.3 is 19.4 Å². The van der Waals surface area contributed by atoms with E-state index >= 15 is 0 Å². The highest BCUT2D eigenvalue weighted by Crippen LogP contribution is 2.57. The number of nitrogens with one attached hydrogen (secondary N) is 1. The van der Waals surface area contributed by atoms with Crippen molar-refractivity contribution in [3.63, 3.8) is 0 Å². The van der Waals surface area contributed by atoms with Crippen molar-refractivity contribution >= 4 is 21.8 Å². The van der Waals surface area contributed by atoms with Crippen LogP contribution in [-0.4, -0.2) is 86.8 Å². The first-order chi connectivity index (χ1) is 22.6. The van der Waals surface area contributed by atoms with E-state index < -0.39 is 15.9 Å². The summed E-state index contributed by atoms with van der Waals surface area (Å²) in [5, 5.41) is 0. The van der Waals surface area contributed by atoms with Crippen LogP contribution in [-0.2, 0) is 24.3 Å². The zero-order valence-corrected chi connectivity index (χ0v) is 28.5. The SMILES string of the molecule is C=C(C)S(=O)(=O)NC(=O)C1=C2CN3C(=CC4C(OC)=CC=C(C5CCCCC5)C43)C3C(=C21)C=CC[C@H]3C(=O)N1C2CCC1CN(C)C2. The smallest absolute Gasteiger partial charge is 0.265 e. The van der Waals surface area contributed by atoms with E-state index in [1.165, 1.54) is 31.8 Å². The minimum atomic E-state index is -3.99. The minimum absolute atomic E-state index is 0.0154. The maximum Gasteiger partial charge on any atom is 0.265 e. The molecule has 0 spiro atoms. The fourth-order valence-electron chi connectivity index (χ4n) is 9.92. The molecule has 0 radical (unpaired) electrons. The maximum atomic E-state index is 14.8. The van der Waals surface area contributed by atoms with Crippen LogP contribution in [0.2, 0.25) is 0 Å². The molecule has 0 aromatic heterocycles. The first-order valence-electron chi connectivity index (χ1n) is 17.4. The van der Waals surface area contributed by atoms with E-state index in [1.54, 1.807) is 7.11 Å². The van der Waals surface area contributed by atoms with Gasteiger partial charge in [-0.1, -0.05) is 50.1 Å². The molecule has 47 heavy (non-hydrogen) atoms. The van der Waals surface area contributed by atoms with Crippen LogP contribution in [0.1, 0.15) is 58.3 Å². The van der Waals surface area contributed by atoms with Gasteiger partial charge in [0.2, 0.25) is 5.91 Å². The van der Waals surface area contributed by atoms with Crippen molar-refractivity contribution in [2.24, 2.45) is 23.7 Å². The highest BCUT2D eigenvalue weighted by atomic mass is 32.2. The lowest BCUT2D eigenvalue weighted by molar-refractivity contribution is -0.142. The Morgan fingerprint density at radius 3 is 2.45 bits per heavy atom. The maximum absolute atomic E-state index is 14.8. The predicted octanol–water partition coefficient (Wildman–Crippen LogP) is 4.32. The zero-order valence-electron chi connectivity index (χ0n) is 27.7. The fourth-order valence-corrected chi connectivity index (χ4v) is 10.4. The van der Waals surface area contributed by atoms with Gasteiger partial charge in [-0.25, -0.2) is 13.1 Å². The number of fused-ring (bicyclic) bond motifs is 8. The lowest BCUT2D eigenvalue weighted by Gasteiger charge is -2.44. The Labute approximate surface area is 278 Å². The Balaban J connectivity index is 1.23. The third kappa shape index (κ3) is 4.92. The molecule has 0 aromatic carbocycles. The summed E-state index contributed by atoms with van der Waals surface area (Å²) >= 11 is 0. The van der Waals surface area contributed by atoms with E-state index in [-0.39, 0.29) is 46.7 Å². The molecule has 10 heteroatoms. The molecule has 2 bridgehead atoms. The molecular weight excluding hydrogens is 612 g/mol. The fraction of sp³-hybridized carbons (Fsp3) is 0.568. The number of carbonyl (C=O) groups is 2. The van der Waals surface area contributed by atoms with Crippen molar-refractivity contribution in [2.45, 2.75) is 76.4 Å². The van der Waals surface area contributed by atoms with Crippen molar-refractivity contribution in [1.82, 2.24) is 19.4 Å². The zero-order chi connectivity index (χ0) is 32.8. The number of sulfonamides is 1. The lowest BCUT2D eigenvalue weighted by Crippen LogP contribution is -2.57. The number of carbonyl (C=O) groups excluding carboxylic acids is 2. The van der Waals surface area contributed by atoms with E-state index in [9.17, 15) is 18.0 Å². The van der Waals surface area contributed by atoms with Gasteiger partial charge in [-0.05, 0) is 80.4 Å². The number of hydrogen-bond donors (Lipinski definition) is 1. The molecule has 4 heterocycles. The second-order valence-corrected chi connectivity index (χ2v) is 16.8. The summed E-state index contributed by atoms with van der Waals surface area (Å²) < 4.78 is 33.7. The van der Waals surface area contributed by atoms with Crippen molar-refractivity contribution < 1.29 is 22.7 Å². The number of piperazine rings is 1. The molecule has 8 aliphatic rings. The van der Waals surface area contributed by atoms with Gasteiger partial charge in [0.15, 0.2) is 0 Å². The topological polar surface area (TPSA) is 99.3 Å². The third-order valence-corrected chi connectivity index (χ3v) is 13.5. The van der Waals surface area contributed by atoms with Crippen molar-refractivity contribution in [3.05, 3.63) is 81.2 Å². The van der Waals surface area contributed by atoms with E-state index in [2.05, 4.69) is 63.4 Å². The van der Waals surface area contributed by atoms with Gasteiger partial charge in [0, 0.05) is 43.3 Å². The first kappa shape index (κ1) is 30.9. The highest BCUT2D eigenvalue weighted by molar-refractivity contribution is 7.93. The molecule has 0 aromatic rings. The van der Waals surface area contributed by atoms with Crippen molar-refractivity contribution in [2.75, 3.05) is 33.8 Å². The summed E-state index contributed by atoms with van der Waals surface area (Å²) in [5.41, 5.74) is 5.66. The van der Waals surface area contributed by atoms with Crippen LogP contribution in [0.4, 0.5) is 0 Å². The Morgan fingerprint density at radius 1 is 1.04 bits per heavy atom. The van der Waals surface area contributed by atoms with Gasteiger partial charge in [0.25, 0.3) is 15.9 Å². The number of likely N-dealkylation sites (N-methyl/N-ethyl adjacent to an activating group) is 1. The molecule has 4 aliphatic carbocycles. The van der Waals surface area contributed by atoms with Gasteiger partial charge >= 0.3 is 0 Å². The molecule has 5 unspecified atom stereocenters. The van der Waals surface area contributed by atoms with Gasteiger partial charge in [-0.3, -0.25) is 9.59 Å². The van der Waals surface area contributed by atoms with E-state index in [0.717, 1.165) is 66.9 Å². The molecule has 1 saturated carbocycles. The van der Waals surface area contributed by atoms with Crippen LogP contribution in [0.5, 0.6) is 0 Å². The number of nitrogens with zero attached hydrogens (tertiary/aromatic N) is 3. The number of allylic oxidation sites excluding steroid dienone is 6. The lowest BCUT2D eigenvalue weighted by atomic mass is 9.75. The number of methoxy groups -OCH3 is 1. The standard InChI is InChI=1S/C37H46N4O5S/c1-21(2)47(44,45)38-36(42)34-29-20-40-30(17-28-31(46-4)16-15-25(35(28)40)22-9-6-5-7-10-22)32-26(33(29)34)11-8-12-27(32)37(43)41-23-13-14-24(41)19-39(3)18-23/h8,11,15-17,22-24,27-28,32,35H,1,5-7,9-10,12-14,18-20H2,2-4H3,(H,38,42)/t23?,24?,27-,28?,32?,35?/m1/s1. The number of amides is 2. The van der Waals surface area contributed by atoms with Gasteiger partial charge in [0.1, 0.15) is 5.76 Å². The quantitative estimate of drug-likeness (QED) is 0.454.